The molecule has 0 aliphatic rings. The summed E-state index contributed by atoms with van der Waals surface area (Å²) in [5.74, 6) is 0.937. The third-order valence-electron chi connectivity index (χ3n) is 5.63. The Bertz CT molecular complexity index is 1220. The van der Waals surface area contributed by atoms with Gasteiger partial charge in [-0.05, 0) is 53.5 Å². The Balaban J connectivity index is 1.56. The number of benzene rings is 3. The van der Waals surface area contributed by atoms with E-state index in [1.165, 1.54) is 19.3 Å². The zero-order chi connectivity index (χ0) is 27.2. The van der Waals surface area contributed by atoms with Crippen molar-refractivity contribution in [2.45, 2.75) is 25.5 Å². The van der Waals surface area contributed by atoms with Crippen molar-refractivity contribution in [3.05, 3.63) is 114 Å². The van der Waals surface area contributed by atoms with Crippen molar-refractivity contribution in [3.8, 4) is 17.2 Å². The lowest BCUT2D eigenvalue weighted by Gasteiger charge is -2.17. The molecule has 0 aromatic heterocycles. The quantitative estimate of drug-likeness (QED) is 0.188. The second kappa shape index (κ2) is 14.9. The molecule has 7 heteroatoms. The van der Waals surface area contributed by atoms with Crippen LogP contribution in [0.4, 0.5) is 0 Å². The largest absolute Gasteiger partial charge is 0.493 e. The van der Waals surface area contributed by atoms with Crippen LogP contribution in [0.3, 0.4) is 0 Å². The van der Waals surface area contributed by atoms with E-state index in [2.05, 4.69) is 11.9 Å². The average Bonchev–Trinajstić information content (AvgIpc) is 2.95. The maximum absolute atomic E-state index is 12.6. The molecule has 1 N–H and O–H groups in total. The van der Waals surface area contributed by atoms with Crippen LogP contribution in [0.25, 0.3) is 0 Å². The maximum Gasteiger partial charge on any atom is 0.329 e. The lowest BCUT2D eigenvalue weighted by molar-refractivity contribution is -0.146. The molecule has 1 amide bonds. The highest BCUT2D eigenvalue weighted by molar-refractivity contribution is 5.91. The van der Waals surface area contributed by atoms with Gasteiger partial charge in [0.1, 0.15) is 25.0 Å². The molecular formula is C31H33NO6. The Morgan fingerprint density at radius 2 is 1.61 bits per heavy atom. The number of allylic oxidation sites excluding steroid dienone is 1. The second-order valence-corrected chi connectivity index (χ2v) is 8.40. The van der Waals surface area contributed by atoms with Gasteiger partial charge >= 0.3 is 5.97 Å². The van der Waals surface area contributed by atoms with E-state index in [0.29, 0.717) is 24.5 Å². The summed E-state index contributed by atoms with van der Waals surface area (Å²) >= 11 is 0. The third kappa shape index (κ3) is 8.85. The van der Waals surface area contributed by atoms with Crippen molar-refractivity contribution in [3.63, 3.8) is 0 Å². The van der Waals surface area contributed by atoms with Crippen LogP contribution >= 0.6 is 0 Å². The van der Waals surface area contributed by atoms with Gasteiger partial charge in [0.2, 0.25) is 5.91 Å². The molecule has 3 rings (SSSR count). The summed E-state index contributed by atoms with van der Waals surface area (Å²) in [6.07, 6.45) is 5.42. The molecule has 38 heavy (non-hydrogen) atoms. The minimum absolute atomic E-state index is 0.0536. The van der Waals surface area contributed by atoms with Gasteiger partial charge in [0.25, 0.3) is 0 Å². The molecule has 0 spiro atoms. The Kier molecular flexibility index (Phi) is 11.0. The molecule has 0 aliphatic heterocycles. The van der Waals surface area contributed by atoms with E-state index in [1.54, 1.807) is 25.3 Å². The highest BCUT2D eigenvalue weighted by Crippen LogP contribution is 2.28. The summed E-state index contributed by atoms with van der Waals surface area (Å²) < 4.78 is 21.6. The summed E-state index contributed by atoms with van der Waals surface area (Å²) in [6, 6.07) is 22.1. The Labute approximate surface area is 223 Å². The highest BCUT2D eigenvalue weighted by Gasteiger charge is 2.22. The Morgan fingerprint density at radius 1 is 0.895 bits per heavy atom. The molecule has 1 unspecified atom stereocenters. The van der Waals surface area contributed by atoms with Crippen molar-refractivity contribution >= 4 is 11.9 Å². The molecule has 0 saturated carbocycles. The minimum Gasteiger partial charge on any atom is -0.493 e. The number of rotatable bonds is 14. The number of ether oxygens (including phenoxy) is 4. The first-order valence-electron chi connectivity index (χ1n) is 12.2. The maximum atomic E-state index is 12.6. The molecule has 3 aromatic carbocycles. The van der Waals surface area contributed by atoms with Crippen molar-refractivity contribution < 1.29 is 28.5 Å². The average molecular weight is 516 g/mol. The molecule has 0 bridgehead atoms. The van der Waals surface area contributed by atoms with Crippen molar-refractivity contribution in [1.29, 1.82) is 0 Å². The van der Waals surface area contributed by atoms with E-state index in [1.807, 2.05) is 60.7 Å². The molecule has 3 aromatic rings. The zero-order valence-electron chi connectivity index (χ0n) is 21.7. The van der Waals surface area contributed by atoms with Crippen LogP contribution in [0, 0.1) is 0 Å². The number of hydrogen-bond acceptors (Lipinski definition) is 6. The molecular weight excluding hydrogens is 482 g/mol. The van der Waals surface area contributed by atoms with Gasteiger partial charge < -0.3 is 24.3 Å². The summed E-state index contributed by atoms with van der Waals surface area (Å²) in [6.45, 7) is 4.12. The van der Waals surface area contributed by atoms with Crippen LogP contribution in [-0.2, 0) is 33.8 Å². The van der Waals surface area contributed by atoms with Crippen LogP contribution in [0.5, 0.6) is 17.2 Å². The van der Waals surface area contributed by atoms with E-state index in [-0.39, 0.29) is 13.0 Å². The van der Waals surface area contributed by atoms with E-state index >= 15 is 0 Å². The predicted molar refractivity (Wildman–Crippen MR) is 146 cm³/mol. The lowest BCUT2D eigenvalue weighted by atomic mass is 10.0. The number of amides is 1. The first kappa shape index (κ1) is 28.1. The van der Waals surface area contributed by atoms with Crippen molar-refractivity contribution in [2.75, 3.05) is 20.8 Å². The zero-order valence-corrected chi connectivity index (χ0v) is 21.7. The van der Waals surface area contributed by atoms with Gasteiger partial charge in [-0.3, -0.25) is 4.79 Å². The van der Waals surface area contributed by atoms with Crippen LogP contribution in [0.2, 0.25) is 0 Å². The minimum atomic E-state index is -0.883. The molecule has 0 aliphatic carbocycles. The molecule has 0 saturated heterocycles. The van der Waals surface area contributed by atoms with Crippen molar-refractivity contribution in [1.82, 2.24) is 5.32 Å². The van der Waals surface area contributed by atoms with Gasteiger partial charge in [-0.2, -0.15) is 0 Å². The van der Waals surface area contributed by atoms with Gasteiger partial charge in [0.15, 0.2) is 11.5 Å². The molecule has 198 valence electrons. The topological polar surface area (TPSA) is 83.1 Å². The first-order valence-corrected chi connectivity index (χ1v) is 12.2. The Hall–Kier alpha value is -4.52. The molecule has 7 nitrogen and oxygen atoms in total. The summed E-state index contributed by atoms with van der Waals surface area (Å²) in [7, 11) is 3.09. The van der Waals surface area contributed by atoms with Crippen LogP contribution < -0.4 is 19.5 Å². The number of nitrogens with one attached hydrogen (secondary N) is 1. The summed E-state index contributed by atoms with van der Waals surface area (Å²) in [5, 5.41) is 2.74. The van der Waals surface area contributed by atoms with E-state index in [9.17, 15) is 9.59 Å². The number of esters is 1. The molecule has 0 radical (unpaired) electrons. The first-order chi connectivity index (χ1) is 18.5. The summed E-state index contributed by atoms with van der Waals surface area (Å²) in [5.41, 5.74) is 2.90. The van der Waals surface area contributed by atoms with E-state index in [4.69, 9.17) is 18.9 Å². The third-order valence-corrected chi connectivity index (χ3v) is 5.63. The number of hydrogen-bond donors (Lipinski definition) is 1. The standard InChI is InChI=1S/C31H33NO6/c1-4-19-37-31(34)27(20-25-15-18-28(35-2)29(21-25)36-3)32-30(33)12-8-11-23-13-16-26(17-14-23)38-22-24-9-6-5-7-10-24/h4-10,12-18,21,27H,1,11,19-20,22H2,2-3H3,(H,32,33)/b12-8+. The highest BCUT2D eigenvalue weighted by atomic mass is 16.5. The van der Waals surface area contributed by atoms with Gasteiger partial charge in [-0.25, -0.2) is 4.79 Å². The number of carbonyl (C=O) groups excluding carboxylic acids is 2. The van der Waals surface area contributed by atoms with Gasteiger partial charge in [0, 0.05) is 6.42 Å². The lowest BCUT2D eigenvalue weighted by Crippen LogP contribution is -2.42. The van der Waals surface area contributed by atoms with Crippen LogP contribution in [0.15, 0.2) is 97.6 Å². The molecule has 1 atom stereocenters. The van der Waals surface area contributed by atoms with Crippen molar-refractivity contribution in [2.24, 2.45) is 0 Å². The van der Waals surface area contributed by atoms with E-state index < -0.39 is 17.9 Å². The molecule has 0 fully saturated rings. The second-order valence-electron chi connectivity index (χ2n) is 8.40. The Morgan fingerprint density at radius 3 is 2.29 bits per heavy atom. The van der Waals surface area contributed by atoms with Gasteiger partial charge in [-0.15, -0.1) is 0 Å². The van der Waals surface area contributed by atoms with Crippen LogP contribution in [-0.4, -0.2) is 38.7 Å². The smallest absolute Gasteiger partial charge is 0.329 e. The van der Waals surface area contributed by atoms with Gasteiger partial charge in [-0.1, -0.05) is 67.3 Å². The van der Waals surface area contributed by atoms with Gasteiger partial charge in [0.05, 0.1) is 14.2 Å². The fraction of sp³-hybridized carbons (Fsp3) is 0.226. The fourth-order valence-electron chi connectivity index (χ4n) is 3.66. The molecule has 0 heterocycles. The summed E-state index contributed by atoms with van der Waals surface area (Å²) in [4.78, 5) is 25.2. The fourth-order valence-corrected chi connectivity index (χ4v) is 3.66. The normalized spacial score (nSPS) is 11.4. The predicted octanol–water partition coefficient (Wildman–Crippen LogP) is 4.84. The van der Waals surface area contributed by atoms with E-state index in [0.717, 1.165) is 22.4 Å². The number of carbonyl (C=O) groups is 2. The van der Waals surface area contributed by atoms with Crippen LogP contribution in [0.1, 0.15) is 16.7 Å². The monoisotopic (exact) mass is 515 g/mol. The number of methoxy groups -OCH3 is 2. The SMILES string of the molecule is C=CCOC(=O)C(Cc1ccc(OC)c(OC)c1)NC(=O)/C=C/Cc1ccc(OCc2ccccc2)cc1.